The highest BCUT2D eigenvalue weighted by Gasteiger charge is 2.55. The standard InChI is InChI=1S/C23H21N7O2/c1-13-5-21(30-22(27-13)23-7-16(8-23)32-12-23)29-19-6-20(28-14(2)31)26-11-17(19)18-4-3-15(9-24)10-25-18/h3-6,10-11,16H,7-8,12H2,1-2H3,(H2,26,27,28,29,30,31). The van der Waals surface area contributed by atoms with Crippen LogP contribution in [0.15, 0.2) is 36.7 Å². The highest BCUT2D eigenvalue weighted by Crippen LogP contribution is 2.50. The summed E-state index contributed by atoms with van der Waals surface area (Å²) in [6.07, 6.45) is 5.39. The van der Waals surface area contributed by atoms with E-state index in [0.717, 1.165) is 24.4 Å². The lowest BCUT2D eigenvalue weighted by Gasteiger charge is -2.33. The van der Waals surface area contributed by atoms with Gasteiger partial charge in [0.15, 0.2) is 0 Å². The molecule has 2 bridgehead atoms. The average Bonchev–Trinajstić information content (AvgIpc) is 3.36. The molecular weight excluding hydrogens is 406 g/mol. The molecule has 0 radical (unpaired) electrons. The maximum atomic E-state index is 11.5. The molecule has 0 atom stereocenters. The first-order valence-electron chi connectivity index (χ1n) is 10.3. The smallest absolute Gasteiger partial charge is 0.222 e. The van der Waals surface area contributed by atoms with E-state index in [1.165, 1.54) is 13.1 Å². The molecule has 3 aromatic heterocycles. The fourth-order valence-corrected chi connectivity index (χ4v) is 4.21. The molecule has 2 aliphatic heterocycles. The number of nitrogens with one attached hydrogen (secondary N) is 2. The zero-order valence-electron chi connectivity index (χ0n) is 17.7. The van der Waals surface area contributed by atoms with E-state index >= 15 is 0 Å². The number of ether oxygens (including phenoxy) is 1. The second-order valence-corrected chi connectivity index (χ2v) is 8.30. The summed E-state index contributed by atoms with van der Waals surface area (Å²) < 4.78 is 5.75. The van der Waals surface area contributed by atoms with E-state index in [2.05, 4.69) is 31.7 Å². The van der Waals surface area contributed by atoms with E-state index in [0.29, 0.717) is 46.9 Å². The second kappa shape index (κ2) is 7.66. The number of carbonyl (C=O) groups is 1. The molecular formula is C23H21N7O2. The Morgan fingerprint density at radius 2 is 2.03 bits per heavy atom. The minimum Gasteiger partial charge on any atom is -0.377 e. The summed E-state index contributed by atoms with van der Waals surface area (Å²) in [5.41, 5.74) is 3.27. The molecule has 160 valence electrons. The van der Waals surface area contributed by atoms with Crippen molar-refractivity contribution in [1.82, 2.24) is 19.9 Å². The number of amides is 1. The molecule has 32 heavy (non-hydrogen) atoms. The fraction of sp³-hybridized carbons (Fsp3) is 0.304. The Morgan fingerprint density at radius 3 is 2.69 bits per heavy atom. The number of rotatable bonds is 5. The van der Waals surface area contributed by atoms with Crippen molar-refractivity contribution in [3.8, 4) is 17.3 Å². The normalized spacial score (nSPS) is 20.8. The zero-order chi connectivity index (χ0) is 22.3. The number of anilines is 3. The van der Waals surface area contributed by atoms with Crippen molar-refractivity contribution in [2.75, 3.05) is 17.2 Å². The van der Waals surface area contributed by atoms with Crippen LogP contribution in [0.2, 0.25) is 0 Å². The molecule has 9 heteroatoms. The largest absolute Gasteiger partial charge is 0.377 e. The molecule has 1 saturated carbocycles. The Balaban J connectivity index is 1.53. The van der Waals surface area contributed by atoms with E-state index in [4.69, 9.17) is 15.0 Å². The summed E-state index contributed by atoms with van der Waals surface area (Å²) in [6.45, 7) is 4.03. The number of fused-ring (bicyclic) bond motifs is 1. The van der Waals surface area contributed by atoms with Gasteiger partial charge in [0.05, 0.1) is 35.1 Å². The highest BCUT2D eigenvalue weighted by molar-refractivity contribution is 5.89. The number of nitriles is 1. The van der Waals surface area contributed by atoms with Gasteiger partial charge in [-0.1, -0.05) is 0 Å². The monoisotopic (exact) mass is 427 g/mol. The molecule has 2 saturated heterocycles. The topological polar surface area (TPSA) is 126 Å². The van der Waals surface area contributed by atoms with Gasteiger partial charge in [-0.2, -0.15) is 5.26 Å². The van der Waals surface area contributed by atoms with Gasteiger partial charge in [0, 0.05) is 42.7 Å². The lowest BCUT2D eigenvalue weighted by Crippen LogP contribution is -2.39. The summed E-state index contributed by atoms with van der Waals surface area (Å²) in [6, 6.07) is 9.15. The Labute approximate surface area is 184 Å². The number of carbonyl (C=O) groups excluding carboxylic acids is 1. The van der Waals surface area contributed by atoms with Gasteiger partial charge in [-0.05, 0) is 31.9 Å². The minimum atomic E-state index is -0.215. The van der Waals surface area contributed by atoms with Crippen molar-refractivity contribution in [3.05, 3.63) is 53.7 Å². The summed E-state index contributed by atoms with van der Waals surface area (Å²) >= 11 is 0. The Kier molecular flexibility index (Phi) is 4.79. The van der Waals surface area contributed by atoms with E-state index in [1.807, 2.05) is 13.0 Å². The van der Waals surface area contributed by atoms with Crippen LogP contribution in [0.3, 0.4) is 0 Å². The number of aryl methyl sites for hydroxylation is 1. The van der Waals surface area contributed by atoms with Gasteiger partial charge < -0.3 is 15.4 Å². The van der Waals surface area contributed by atoms with Crippen molar-refractivity contribution < 1.29 is 9.53 Å². The van der Waals surface area contributed by atoms with Gasteiger partial charge in [-0.15, -0.1) is 0 Å². The van der Waals surface area contributed by atoms with Crippen molar-refractivity contribution in [2.45, 2.75) is 38.2 Å². The number of nitrogens with zero attached hydrogens (tertiary/aromatic N) is 5. The Hall–Kier alpha value is -3.90. The third-order valence-electron chi connectivity index (χ3n) is 5.80. The first-order valence-corrected chi connectivity index (χ1v) is 10.3. The average molecular weight is 427 g/mol. The van der Waals surface area contributed by atoms with Gasteiger partial charge in [-0.3, -0.25) is 9.78 Å². The minimum absolute atomic E-state index is 0.0930. The van der Waals surface area contributed by atoms with Crippen LogP contribution in [0.4, 0.5) is 17.3 Å². The molecule has 3 fully saturated rings. The van der Waals surface area contributed by atoms with Crippen LogP contribution >= 0.6 is 0 Å². The van der Waals surface area contributed by atoms with Crippen molar-refractivity contribution in [2.24, 2.45) is 0 Å². The van der Waals surface area contributed by atoms with E-state index in [1.54, 1.807) is 24.4 Å². The molecule has 0 spiro atoms. The summed E-state index contributed by atoms with van der Waals surface area (Å²) in [5.74, 6) is 1.63. The molecule has 5 heterocycles. The summed E-state index contributed by atoms with van der Waals surface area (Å²) in [5, 5.41) is 15.1. The van der Waals surface area contributed by atoms with Crippen molar-refractivity contribution in [3.63, 3.8) is 0 Å². The fourth-order valence-electron chi connectivity index (χ4n) is 4.21. The predicted octanol–water partition coefficient (Wildman–Crippen LogP) is 3.25. The quantitative estimate of drug-likeness (QED) is 0.635. The van der Waals surface area contributed by atoms with Crippen LogP contribution in [0.5, 0.6) is 0 Å². The van der Waals surface area contributed by atoms with Crippen LogP contribution in [-0.4, -0.2) is 38.6 Å². The van der Waals surface area contributed by atoms with Gasteiger partial charge in [0.2, 0.25) is 5.91 Å². The van der Waals surface area contributed by atoms with Crippen LogP contribution in [0.25, 0.3) is 11.3 Å². The van der Waals surface area contributed by atoms with Crippen molar-refractivity contribution in [1.29, 1.82) is 5.26 Å². The number of hydrogen-bond acceptors (Lipinski definition) is 8. The maximum Gasteiger partial charge on any atom is 0.222 e. The van der Waals surface area contributed by atoms with E-state index in [9.17, 15) is 4.79 Å². The highest BCUT2D eigenvalue weighted by atomic mass is 16.5. The number of aromatic nitrogens is 4. The molecule has 3 aliphatic rings. The molecule has 2 N–H and O–H groups in total. The molecule has 0 unspecified atom stereocenters. The van der Waals surface area contributed by atoms with E-state index < -0.39 is 0 Å². The number of hydrogen-bond donors (Lipinski definition) is 2. The van der Waals surface area contributed by atoms with Crippen LogP contribution in [0.1, 0.15) is 36.8 Å². The second-order valence-electron chi connectivity index (χ2n) is 8.30. The lowest BCUT2D eigenvalue weighted by atomic mass is 9.69. The van der Waals surface area contributed by atoms with Gasteiger partial charge in [0.1, 0.15) is 23.5 Å². The summed E-state index contributed by atoms with van der Waals surface area (Å²) in [7, 11) is 0. The van der Waals surface area contributed by atoms with E-state index in [-0.39, 0.29) is 11.3 Å². The van der Waals surface area contributed by atoms with Crippen molar-refractivity contribution >= 4 is 23.2 Å². The molecule has 1 aliphatic carbocycles. The molecule has 6 rings (SSSR count). The van der Waals surface area contributed by atoms with Gasteiger partial charge >= 0.3 is 0 Å². The third-order valence-corrected chi connectivity index (χ3v) is 5.80. The molecule has 9 nitrogen and oxygen atoms in total. The van der Waals surface area contributed by atoms with Crippen LogP contribution in [-0.2, 0) is 14.9 Å². The molecule has 0 aromatic carbocycles. The molecule has 3 aromatic rings. The van der Waals surface area contributed by atoms with Gasteiger partial charge in [-0.25, -0.2) is 15.0 Å². The van der Waals surface area contributed by atoms with Crippen LogP contribution < -0.4 is 10.6 Å². The van der Waals surface area contributed by atoms with Crippen LogP contribution in [0, 0.1) is 18.3 Å². The third kappa shape index (κ3) is 3.65. The first-order chi connectivity index (χ1) is 15.4. The zero-order valence-corrected chi connectivity index (χ0v) is 17.7. The summed E-state index contributed by atoms with van der Waals surface area (Å²) in [4.78, 5) is 29.7. The molecule has 1 amide bonds. The van der Waals surface area contributed by atoms with Gasteiger partial charge in [0.25, 0.3) is 0 Å². The Morgan fingerprint density at radius 1 is 1.19 bits per heavy atom. The Bertz CT molecular complexity index is 1240. The maximum absolute atomic E-state index is 11.5. The first kappa shape index (κ1) is 20.0. The number of pyridine rings is 2. The lowest BCUT2D eigenvalue weighted by molar-refractivity contribution is -0.114. The predicted molar refractivity (Wildman–Crippen MR) is 117 cm³/mol. The SMILES string of the molecule is CC(=O)Nc1cc(Nc2cc(C)nc(C34COC(C3)C4)n2)c(-c2ccc(C#N)cn2)cn1.